The Hall–Kier alpha value is -1.81. The van der Waals surface area contributed by atoms with Gasteiger partial charge >= 0.3 is 5.97 Å². The average molecular weight is 270 g/mol. The molecule has 2 aromatic rings. The molecule has 3 saturated heterocycles. The molecule has 0 aliphatic carbocycles. The van der Waals surface area contributed by atoms with E-state index in [1.165, 1.54) is 0 Å². The van der Waals surface area contributed by atoms with Crippen LogP contribution < -0.4 is 0 Å². The molecule has 104 valence electrons. The number of benzene rings is 1. The third-order valence-electron chi connectivity index (χ3n) is 4.66. The summed E-state index contributed by atoms with van der Waals surface area (Å²) in [6, 6.07) is 7.84. The van der Waals surface area contributed by atoms with Crippen molar-refractivity contribution in [3.05, 3.63) is 36.0 Å². The Labute approximate surface area is 117 Å². The van der Waals surface area contributed by atoms with Gasteiger partial charge in [-0.2, -0.15) is 0 Å². The molecule has 1 atom stereocenters. The zero-order valence-corrected chi connectivity index (χ0v) is 11.3. The van der Waals surface area contributed by atoms with Gasteiger partial charge in [-0.15, -0.1) is 0 Å². The third-order valence-corrected chi connectivity index (χ3v) is 4.66. The fourth-order valence-electron chi connectivity index (χ4n) is 3.49. The van der Waals surface area contributed by atoms with Gasteiger partial charge < -0.3 is 9.72 Å². The minimum absolute atomic E-state index is 0.0682. The van der Waals surface area contributed by atoms with E-state index in [4.69, 9.17) is 4.74 Å². The molecule has 4 heteroatoms. The van der Waals surface area contributed by atoms with Crippen LogP contribution in [0.2, 0.25) is 0 Å². The Morgan fingerprint density at radius 1 is 1.25 bits per heavy atom. The van der Waals surface area contributed by atoms with Gasteiger partial charge in [0.1, 0.15) is 6.10 Å². The van der Waals surface area contributed by atoms with Crippen molar-refractivity contribution in [2.75, 3.05) is 19.6 Å². The summed E-state index contributed by atoms with van der Waals surface area (Å²) in [7, 11) is 0. The highest BCUT2D eigenvalue weighted by Gasteiger charge is 2.36. The summed E-state index contributed by atoms with van der Waals surface area (Å²) >= 11 is 0. The summed E-state index contributed by atoms with van der Waals surface area (Å²) in [5.41, 5.74) is 1.63. The number of fused-ring (bicyclic) bond motifs is 4. The number of carbonyl (C=O) groups is 1. The van der Waals surface area contributed by atoms with Crippen LogP contribution in [0.25, 0.3) is 10.9 Å². The number of nitrogens with zero attached hydrogens (tertiary/aromatic N) is 1. The maximum Gasteiger partial charge on any atom is 0.340 e. The van der Waals surface area contributed by atoms with Crippen molar-refractivity contribution >= 4 is 16.9 Å². The van der Waals surface area contributed by atoms with Gasteiger partial charge in [-0.05, 0) is 37.9 Å². The number of aromatic amines is 1. The molecular weight excluding hydrogens is 252 g/mol. The summed E-state index contributed by atoms with van der Waals surface area (Å²) in [5, 5.41) is 0.943. The van der Waals surface area contributed by atoms with E-state index in [-0.39, 0.29) is 12.1 Å². The molecule has 20 heavy (non-hydrogen) atoms. The van der Waals surface area contributed by atoms with Crippen LogP contribution >= 0.6 is 0 Å². The predicted molar refractivity (Wildman–Crippen MR) is 76.7 cm³/mol. The molecule has 4 nitrogen and oxygen atoms in total. The zero-order chi connectivity index (χ0) is 13.5. The lowest BCUT2D eigenvalue weighted by molar-refractivity contribution is -0.0454. The summed E-state index contributed by atoms with van der Waals surface area (Å²) in [6.45, 7) is 3.22. The Morgan fingerprint density at radius 2 is 2.05 bits per heavy atom. The molecule has 1 N–H and O–H groups in total. The number of rotatable bonds is 2. The number of carbonyl (C=O) groups excluding carboxylic acids is 1. The van der Waals surface area contributed by atoms with Crippen molar-refractivity contribution in [1.82, 2.24) is 9.88 Å². The van der Waals surface area contributed by atoms with Crippen molar-refractivity contribution < 1.29 is 9.53 Å². The molecule has 3 aliphatic rings. The van der Waals surface area contributed by atoms with Gasteiger partial charge in [-0.1, -0.05) is 18.2 Å². The van der Waals surface area contributed by atoms with Crippen LogP contribution in [-0.4, -0.2) is 41.6 Å². The van der Waals surface area contributed by atoms with Crippen molar-refractivity contribution in [3.63, 3.8) is 0 Å². The maximum atomic E-state index is 12.4. The number of ether oxygens (including phenoxy) is 1. The predicted octanol–water partition coefficient (Wildman–Crippen LogP) is 2.42. The quantitative estimate of drug-likeness (QED) is 0.852. The number of hydrogen-bond acceptors (Lipinski definition) is 3. The SMILES string of the molecule is O=C(O[C@H]1CN2CCC1CC2)c1c[nH]c2ccccc12. The second kappa shape index (κ2) is 4.63. The number of para-hydroxylation sites is 1. The number of H-pyrrole nitrogens is 1. The highest BCUT2D eigenvalue weighted by molar-refractivity contribution is 6.04. The van der Waals surface area contributed by atoms with Crippen molar-refractivity contribution in [2.45, 2.75) is 18.9 Å². The van der Waals surface area contributed by atoms with E-state index in [1.54, 1.807) is 6.20 Å². The fourth-order valence-corrected chi connectivity index (χ4v) is 3.49. The Balaban J connectivity index is 1.56. The molecule has 0 saturated carbocycles. The number of piperidine rings is 3. The number of nitrogens with one attached hydrogen (secondary N) is 1. The molecule has 0 spiro atoms. The molecule has 0 radical (unpaired) electrons. The van der Waals surface area contributed by atoms with E-state index < -0.39 is 0 Å². The van der Waals surface area contributed by atoms with Crippen LogP contribution in [0.5, 0.6) is 0 Å². The van der Waals surface area contributed by atoms with Gasteiger partial charge in [0.05, 0.1) is 5.56 Å². The Kier molecular flexibility index (Phi) is 2.77. The topological polar surface area (TPSA) is 45.3 Å². The minimum atomic E-state index is -0.193. The van der Waals surface area contributed by atoms with Gasteiger partial charge in [-0.25, -0.2) is 4.79 Å². The van der Waals surface area contributed by atoms with E-state index in [0.29, 0.717) is 11.5 Å². The van der Waals surface area contributed by atoms with E-state index >= 15 is 0 Å². The smallest absolute Gasteiger partial charge is 0.340 e. The number of esters is 1. The first-order chi connectivity index (χ1) is 9.81. The first kappa shape index (κ1) is 12.0. The van der Waals surface area contributed by atoms with Crippen LogP contribution in [0.4, 0.5) is 0 Å². The number of aromatic nitrogens is 1. The molecule has 1 aromatic heterocycles. The molecule has 3 fully saturated rings. The Morgan fingerprint density at radius 3 is 2.80 bits per heavy atom. The zero-order valence-electron chi connectivity index (χ0n) is 11.3. The highest BCUT2D eigenvalue weighted by atomic mass is 16.5. The van der Waals surface area contributed by atoms with Gasteiger partial charge in [0.25, 0.3) is 0 Å². The van der Waals surface area contributed by atoms with E-state index in [1.807, 2.05) is 24.3 Å². The van der Waals surface area contributed by atoms with Gasteiger partial charge in [0, 0.05) is 23.6 Å². The molecule has 1 aromatic carbocycles. The van der Waals surface area contributed by atoms with Crippen LogP contribution in [0.3, 0.4) is 0 Å². The van der Waals surface area contributed by atoms with E-state index in [9.17, 15) is 4.79 Å². The second-order valence-electron chi connectivity index (χ2n) is 5.83. The Bertz CT molecular complexity index is 641. The maximum absolute atomic E-state index is 12.4. The lowest BCUT2D eigenvalue weighted by atomic mass is 9.86. The largest absolute Gasteiger partial charge is 0.457 e. The summed E-state index contributed by atoms with van der Waals surface area (Å²) in [4.78, 5) is 17.9. The van der Waals surface area contributed by atoms with Gasteiger partial charge in [-0.3, -0.25) is 4.90 Å². The van der Waals surface area contributed by atoms with E-state index in [2.05, 4.69) is 9.88 Å². The first-order valence-electron chi connectivity index (χ1n) is 7.31. The molecule has 4 heterocycles. The molecule has 0 amide bonds. The van der Waals surface area contributed by atoms with Crippen LogP contribution in [0.15, 0.2) is 30.5 Å². The van der Waals surface area contributed by atoms with Crippen LogP contribution in [0.1, 0.15) is 23.2 Å². The molecule has 3 aliphatic heterocycles. The standard InChI is InChI=1S/C16H18N2O2/c19-16(13-9-17-14-4-2-1-3-12(13)14)20-15-10-18-7-5-11(15)6-8-18/h1-4,9,11,15,17H,5-8,10H2/t15-/m0/s1. The summed E-state index contributed by atoms with van der Waals surface area (Å²) in [5.74, 6) is 0.357. The van der Waals surface area contributed by atoms with Crippen LogP contribution in [0, 0.1) is 5.92 Å². The molecule has 5 rings (SSSR count). The average Bonchev–Trinajstić information content (AvgIpc) is 2.92. The van der Waals surface area contributed by atoms with E-state index in [0.717, 1.165) is 43.4 Å². The third kappa shape index (κ3) is 1.91. The number of hydrogen-bond donors (Lipinski definition) is 1. The van der Waals surface area contributed by atoms with Crippen molar-refractivity contribution in [1.29, 1.82) is 0 Å². The first-order valence-corrected chi connectivity index (χ1v) is 7.31. The molecular formula is C16H18N2O2. The van der Waals surface area contributed by atoms with Gasteiger partial charge in [0.15, 0.2) is 0 Å². The lowest BCUT2D eigenvalue weighted by Crippen LogP contribution is -2.51. The molecule has 2 bridgehead atoms. The second-order valence-corrected chi connectivity index (χ2v) is 5.83. The molecule has 0 unspecified atom stereocenters. The lowest BCUT2D eigenvalue weighted by Gasteiger charge is -2.43. The highest BCUT2D eigenvalue weighted by Crippen LogP contribution is 2.30. The summed E-state index contributed by atoms with van der Waals surface area (Å²) in [6.07, 6.45) is 4.14. The van der Waals surface area contributed by atoms with Crippen molar-refractivity contribution in [3.8, 4) is 0 Å². The monoisotopic (exact) mass is 270 g/mol. The minimum Gasteiger partial charge on any atom is -0.457 e. The van der Waals surface area contributed by atoms with Crippen molar-refractivity contribution in [2.24, 2.45) is 5.92 Å². The van der Waals surface area contributed by atoms with Crippen LogP contribution in [-0.2, 0) is 4.74 Å². The summed E-state index contributed by atoms with van der Waals surface area (Å²) < 4.78 is 5.78. The fraction of sp³-hybridized carbons (Fsp3) is 0.438. The van der Waals surface area contributed by atoms with Gasteiger partial charge in [0.2, 0.25) is 0 Å². The normalized spacial score (nSPS) is 28.7.